The molecule has 2 aromatic heterocycles. The second kappa shape index (κ2) is 5.28. The van der Waals surface area contributed by atoms with Gasteiger partial charge in [0, 0.05) is 25.0 Å². The summed E-state index contributed by atoms with van der Waals surface area (Å²) >= 11 is 0. The van der Waals surface area contributed by atoms with Gasteiger partial charge >= 0.3 is 0 Å². The van der Waals surface area contributed by atoms with E-state index in [2.05, 4.69) is 25.3 Å². The highest BCUT2D eigenvalue weighted by molar-refractivity contribution is 5.58. The molecule has 0 aliphatic carbocycles. The molecule has 1 N–H and O–H groups in total. The number of benzene rings is 1. The van der Waals surface area contributed by atoms with Crippen LogP contribution in [0.4, 0.5) is 10.3 Å². The molecule has 0 aliphatic heterocycles. The van der Waals surface area contributed by atoms with Crippen LogP contribution < -0.4 is 5.32 Å². The minimum Gasteiger partial charge on any atom is -0.357 e. The van der Waals surface area contributed by atoms with Crippen molar-refractivity contribution >= 4 is 5.95 Å². The third-order valence-corrected chi connectivity index (χ3v) is 3.00. The molecule has 2 heterocycles. The Bertz CT molecular complexity index is 769. The van der Waals surface area contributed by atoms with Gasteiger partial charge in [0.15, 0.2) is 5.82 Å². The smallest absolute Gasteiger partial charge is 0.240 e. The molecule has 1 aromatic carbocycles. The van der Waals surface area contributed by atoms with Crippen molar-refractivity contribution in [3.05, 3.63) is 48.3 Å². The summed E-state index contributed by atoms with van der Waals surface area (Å²) in [5, 5.41) is 2.90. The zero-order chi connectivity index (χ0) is 14.8. The van der Waals surface area contributed by atoms with Crippen molar-refractivity contribution < 1.29 is 4.39 Å². The first-order valence-corrected chi connectivity index (χ1v) is 6.36. The van der Waals surface area contributed by atoms with Crippen molar-refractivity contribution in [1.82, 2.24) is 24.5 Å². The summed E-state index contributed by atoms with van der Waals surface area (Å²) < 4.78 is 15.1. The monoisotopic (exact) mass is 284 g/mol. The van der Waals surface area contributed by atoms with Crippen LogP contribution in [0.25, 0.3) is 17.3 Å². The second-order valence-corrected chi connectivity index (χ2v) is 4.47. The number of hydrogen-bond acceptors (Lipinski definition) is 5. The summed E-state index contributed by atoms with van der Waals surface area (Å²) in [4.78, 5) is 17.0. The van der Waals surface area contributed by atoms with E-state index in [1.54, 1.807) is 49.4 Å². The quantitative estimate of drug-likeness (QED) is 0.798. The zero-order valence-electron chi connectivity index (χ0n) is 11.6. The number of hydrogen-bond donors (Lipinski definition) is 1. The van der Waals surface area contributed by atoms with Crippen molar-refractivity contribution in [3.63, 3.8) is 0 Å². The Labute approximate surface area is 120 Å². The van der Waals surface area contributed by atoms with Crippen LogP contribution in [0, 0.1) is 12.7 Å². The number of aryl methyl sites for hydroxylation is 1. The molecule has 106 valence electrons. The van der Waals surface area contributed by atoms with Gasteiger partial charge in [-0.1, -0.05) is 0 Å². The third-order valence-electron chi connectivity index (χ3n) is 3.00. The molecule has 0 saturated carbocycles. The Morgan fingerprint density at radius 1 is 1.19 bits per heavy atom. The van der Waals surface area contributed by atoms with E-state index >= 15 is 0 Å². The van der Waals surface area contributed by atoms with E-state index in [-0.39, 0.29) is 5.82 Å². The van der Waals surface area contributed by atoms with Gasteiger partial charge in [-0.15, -0.1) is 0 Å². The molecular weight excluding hydrogens is 271 g/mol. The highest BCUT2D eigenvalue weighted by Gasteiger charge is 2.10. The number of aromatic nitrogens is 5. The van der Waals surface area contributed by atoms with Gasteiger partial charge in [-0.05, 0) is 30.7 Å². The largest absolute Gasteiger partial charge is 0.357 e. The first-order valence-electron chi connectivity index (χ1n) is 6.36. The van der Waals surface area contributed by atoms with Crippen LogP contribution in [0.1, 0.15) is 5.56 Å². The number of imidazole rings is 1. The number of anilines is 1. The van der Waals surface area contributed by atoms with Crippen molar-refractivity contribution in [2.45, 2.75) is 6.92 Å². The van der Waals surface area contributed by atoms with Gasteiger partial charge in [-0.2, -0.15) is 15.0 Å². The summed E-state index contributed by atoms with van der Waals surface area (Å²) in [5.41, 5.74) is 1.28. The highest BCUT2D eigenvalue weighted by Crippen LogP contribution is 2.20. The molecular formula is C14H13FN6. The molecule has 0 atom stereocenters. The molecule has 0 fully saturated rings. The predicted octanol–water partition coefficient (Wildman–Crippen LogP) is 2.21. The summed E-state index contributed by atoms with van der Waals surface area (Å²) in [7, 11) is 1.73. The number of nitrogens with one attached hydrogen (secondary N) is 1. The summed E-state index contributed by atoms with van der Waals surface area (Å²) in [6.07, 6.45) is 4.99. The minimum absolute atomic E-state index is 0.253. The summed E-state index contributed by atoms with van der Waals surface area (Å²) in [5.74, 6) is 1.10. The fourth-order valence-corrected chi connectivity index (χ4v) is 1.88. The standard InChI is InChI=1S/C14H13FN6/c1-9-7-10(3-4-11(9)15)12-18-13(16-2)20-14(19-12)21-6-5-17-8-21/h3-8H,1-2H3,(H,16,18,19,20). The molecule has 0 unspecified atom stereocenters. The molecule has 21 heavy (non-hydrogen) atoms. The fraction of sp³-hybridized carbons (Fsp3) is 0.143. The van der Waals surface area contributed by atoms with Crippen LogP contribution in [-0.2, 0) is 0 Å². The lowest BCUT2D eigenvalue weighted by Gasteiger charge is -2.08. The van der Waals surface area contributed by atoms with Crippen LogP contribution in [-0.4, -0.2) is 31.6 Å². The van der Waals surface area contributed by atoms with E-state index in [1.165, 1.54) is 6.07 Å². The van der Waals surface area contributed by atoms with Gasteiger partial charge in [0.05, 0.1) is 0 Å². The fourth-order valence-electron chi connectivity index (χ4n) is 1.88. The van der Waals surface area contributed by atoms with Crippen LogP contribution >= 0.6 is 0 Å². The molecule has 0 radical (unpaired) electrons. The minimum atomic E-state index is -0.253. The molecule has 0 aliphatic rings. The van der Waals surface area contributed by atoms with Crippen LogP contribution in [0.3, 0.4) is 0 Å². The first kappa shape index (κ1) is 13.2. The van der Waals surface area contributed by atoms with E-state index in [0.717, 1.165) is 5.56 Å². The lowest BCUT2D eigenvalue weighted by Crippen LogP contribution is -2.07. The predicted molar refractivity (Wildman–Crippen MR) is 76.6 cm³/mol. The normalized spacial score (nSPS) is 10.6. The molecule has 0 amide bonds. The van der Waals surface area contributed by atoms with Crippen molar-refractivity contribution in [2.24, 2.45) is 0 Å². The van der Waals surface area contributed by atoms with Gasteiger partial charge in [0.25, 0.3) is 0 Å². The first-order chi connectivity index (χ1) is 10.2. The zero-order valence-corrected chi connectivity index (χ0v) is 11.6. The van der Waals surface area contributed by atoms with Gasteiger partial charge in [0.1, 0.15) is 12.1 Å². The Hall–Kier alpha value is -2.83. The van der Waals surface area contributed by atoms with Crippen LogP contribution in [0.15, 0.2) is 36.9 Å². The molecule has 0 bridgehead atoms. The van der Waals surface area contributed by atoms with Crippen molar-refractivity contribution in [2.75, 3.05) is 12.4 Å². The average molecular weight is 284 g/mol. The molecule has 0 spiro atoms. The topological polar surface area (TPSA) is 68.5 Å². The summed E-state index contributed by atoms with van der Waals surface area (Å²) in [6, 6.07) is 4.76. The van der Waals surface area contributed by atoms with Gasteiger partial charge in [-0.25, -0.2) is 9.37 Å². The number of nitrogens with zero attached hydrogens (tertiary/aromatic N) is 5. The molecule has 3 aromatic rings. The SMILES string of the molecule is CNc1nc(-c2ccc(F)c(C)c2)nc(-n2ccnc2)n1. The van der Waals surface area contributed by atoms with Crippen molar-refractivity contribution in [1.29, 1.82) is 0 Å². The maximum atomic E-state index is 13.4. The maximum Gasteiger partial charge on any atom is 0.240 e. The van der Waals surface area contributed by atoms with E-state index in [9.17, 15) is 4.39 Å². The van der Waals surface area contributed by atoms with Gasteiger partial charge in [-0.3, -0.25) is 4.57 Å². The average Bonchev–Trinajstić information content (AvgIpc) is 3.04. The van der Waals surface area contributed by atoms with Gasteiger partial charge in [0.2, 0.25) is 11.9 Å². The maximum absolute atomic E-state index is 13.4. The van der Waals surface area contributed by atoms with E-state index < -0.39 is 0 Å². The Morgan fingerprint density at radius 2 is 2.05 bits per heavy atom. The Morgan fingerprint density at radius 3 is 2.71 bits per heavy atom. The third kappa shape index (κ3) is 2.58. The lowest BCUT2D eigenvalue weighted by atomic mass is 10.1. The van der Waals surface area contributed by atoms with E-state index in [0.29, 0.717) is 23.3 Å². The molecule has 6 nitrogen and oxygen atoms in total. The van der Waals surface area contributed by atoms with Gasteiger partial charge < -0.3 is 5.32 Å². The molecule has 7 heteroatoms. The van der Waals surface area contributed by atoms with E-state index in [1.807, 2.05) is 0 Å². The Balaban J connectivity index is 2.13. The molecule has 3 rings (SSSR count). The van der Waals surface area contributed by atoms with Crippen LogP contribution in [0.2, 0.25) is 0 Å². The van der Waals surface area contributed by atoms with E-state index in [4.69, 9.17) is 0 Å². The highest BCUT2D eigenvalue weighted by atomic mass is 19.1. The lowest BCUT2D eigenvalue weighted by molar-refractivity contribution is 0.618. The van der Waals surface area contributed by atoms with Crippen LogP contribution in [0.5, 0.6) is 0 Å². The second-order valence-electron chi connectivity index (χ2n) is 4.47. The molecule has 0 saturated heterocycles. The van der Waals surface area contributed by atoms with Crippen molar-refractivity contribution in [3.8, 4) is 17.3 Å². The Kier molecular flexibility index (Phi) is 3.31. The number of rotatable bonds is 3. The summed E-state index contributed by atoms with van der Waals surface area (Å²) in [6.45, 7) is 1.70. The number of halogens is 1.